The van der Waals surface area contributed by atoms with Gasteiger partial charge in [-0.05, 0) is 52.4 Å². The van der Waals surface area contributed by atoms with Crippen LogP contribution >= 0.6 is 0 Å². The number of hydrogen-bond acceptors (Lipinski definition) is 4. The lowest BCUT2D eigenvalue weighted by atomic mass is 9.68. The Morgan fingerprint density at radius 2 is 1.87 bits per heavy atom. The Morgan fingerprint density at radius 3 is 2.48 bits per heavy atom. The van der Waals surface area contributed by atoms with Crippen molar-refractivity contribution >= 4 is 6.09 Å². The van der Waals surface area contributed by atoms with E-state index in [1.807, 2.05) is 20.8 Å². The van der Waals surface area contributed by atoms with Gasteiger partial charge in [0.15, 0.2) is 0 Å². The zero-order chi connectivity index (χ0) is 16.7. The first-order valence-corrected chi connectivity index (χ1v) is 9.06. The van der Waals surface area contributed by atoms with Gasteiger partial charge in [-0.1, -0.05) is 19.3 Å². The van der Waals surface area contributed by atoms with Crippen LogP contribution in [-0.2, 0) is 9.47 Å². The van der Waals surface area contributed by atoms with Gasteiger partial charge in [0.25, 0.3) is 0 Å². The van der Waals surface area contributed by atoms with Gasteiger partial charge < -0.3 is 19.5 Å². The van der Waals surface area contributed by atoms with Gasteiger partial charge in [0, 0.05) is 6.61 Å². The van der Waals surface area contributed by atoms with Crippen LogP contribution in [-0.4, -0.2) is 52.6 Å². The summed E-state index contributed by atoms with van der Waals surface area (Å²) in [5, 5.41) is 11.0. The van der Waals surface area contributed by atoms with Crippen LogP contribution in [0.25, 0.3) is 0 Å². The van der Waals surface area contributed by atoms with Crippen LogP contribution in [0.15, 0.2) is 0 Å². The number of nitrogens with zero attached hydrogens (tertiary/aromatic N) is 1. The highest BCUT2D eigenvalue weighted by atomic mass is 16.6. The fraction of sp³-hybridized carbons (Fsp3) is 0.944. The average molecular weight is 325 g/mol. The molecular weight excluding hydrogens is 294 g/mol. The summed E-state index contributed by atoms with van der Waals surface area (Å²) in [7, 11) is 0. The number of carbonyl (C=O) groups excluding carboxylic acids is 1. The molecule has 1 spiro atoms. The van der Waals surface area contributed by atoms with E-state index in [4.69, 9.17) is 9.47 Å². The summed E-state index contributed by atoms with van der Waals surface area (Å²) >= 11 is 0. The topological polar surface area (TPSA) is 59.0 Å². The van der Waals surface area contributed by atoms with E-state index < -0.39 is 11.2 Å². The first-order valence-electron chi connectivity index (χ1n) is 9.06. The number of amides is 1. The van der Waals surface area contributed by atoms with Crippen molar-refractivity contribution in [3.63, 3.8) is 0 Å². The molecule has 1 unspecified atom stereocenters. The third-order valence-corrected chi connectivity index (χ3v) is 5.60. The summed E-state index contributed by atoms with van der Waals surface area (Å²) in [5.74, 6) is 0.230. The zero-order valence-corrected chi connectivity index (χ0v) is 14.8. The van der Waals surface area contributed by atoms with Crippen molar-refractivity contribution in [2.75, 3.05) is 19.7 Å². The highest BCUT2D eigenvalue weighted by Crippen LogP contribution is 2.46. The molecule has 1 N–H and O–H groups in total. The Hall–Kier alpha value is -0.810. The van der Waals surface area contributed by atoms with Crippen molar-refractivity contribution in [3.8, 4) is 0 Å². The lowest BCUT2D eigenvalue weighted by Gasteiger charge is -2.54. The molecule has 23 heavy (non-hydrogen) atoms. The second-order valence-corrected chi connectivity index (χ2v) is 8.72. The summed E-state index contributed by atoms with van der Waals surface area (Å²) in [6.45, 7) is 7.11. The van der Waals surface area contributed by atoms with Crippen molar-refractivity contribution in [1.29, 1.82) is 0 Å². The maximum Gasteiger partial charge on any atom is 0.410 e. The number of aliphatic hydroxyl groups is 1. The van der Waals surface area contributed by atoms with Gasteiger partial charge in [-0.25, -0.2) is 4.79 Å². The minimum absolute atomic E-state index is 0.0107. The normalized spacial score (nSPS) is 29.9. The van der Waals surface area contributed by atoms with Crippen molar-refractivity contribution in [1.82, 2.24) is 4.90 Å². The smallest absolute Gasteiger partial charge is 0.410 e. The van der Waals surface area contributed by atoms with Crippen LogP contribution in [0.2, 0.25) is 0 Å². The molecule has 0 aromatic heterocycles. The summed E-state index contributed by atoms with van der Waals surface area (Å²) < 4.78 is 11.5. The van der Waals surface area contributed by atoms with Crippen LogP contribution in [0.4, 0.5) is 4.79 Å². The van der Waals surface area contributed by atoms with Crippen LogP contribution < -0.4 is 0 Å². The predicted molar refractivity (Wildman–Crippen MR) is 87.2 cm³/mol. The molecule has 5 nitrogen and oxygen atoms in total. The first-order chi connectivity index (χ1) is 10.7. The minimum Gasteiger partial charge on any atom is -0.444 e. The standard InChI is InChI=1S/C18H31NO4/c1-16(2,3)23-15(20)19-12-18(21,13-19)14-7-10-22-17(11-14)8-5-4-6-9-17/h14,21H,4-13H2,1-3H3. The molecule has 5 heteroatoms. The fourth-order valence-electron chi connectivity index (χ4n) is 4.36. The molecule has 2 aliphatic heterocycles. The van der Waals surface area contributed by atoms with E-state index in [-0.39, 0.29) is 17.6 Å². The Balaban J connectivity index is 1.56. The van der Waals surface area contributed by atoms with Crippen molar-refractivity contribution in [3.05, 3.63) is 0 Å². The summed E-state index contributed by atoms with van der Waals surface area (Å²) in [4.78, 5) is 13.7. The molecule has 132 valence electrons. The largest absolute Gasteiger partial charge is 0.444 e. The van der Waals surface area contributed by atoms with Crippen molar-refractivity contribution < 1.29 is 19.4 Å². The quantitative estimate of drug-likeness (QED) is 0.805. The van der Waals surface area contributed by atoms with Gasteiger partial charge in [0.05, 0.1) is 18.7 Å². The number of ether oxygens (including phenoxy) is 2. The van der Waals surface area contributed by atoms with E-state index in [0.29, 0.717) is 13.1 Å². The van der Waals surface area contributed by atoms with E-state index in [9.17, 15) is 9.90 Å². The second kappa shape index (κ2) is 5.92. The molecular formula is C18H31NO4. The maximum atomic E-state index is 12.1. The van der Waals surface area contributed by atoms with Gasteiger partial charge >= 0.3 is 6.09 Å². The van der Waals surface area contributed by atoms with E-state index >= 15 is 0 Å². The first kappa shape index (κ1) is 17.0. The molecule has 2 saturated heterocycles. The number of carbonyl (C=O) groups is 1. The van der Waals surface area contributed by atoms with Gasteiger partial charge in [-0.15, -0.1) is 0 Å². The summed E-state index contributed by atoms with van der Waals surface area (Å²) in [5.41, 5.74) is -1.26. The number of β-amino-alcohol motifs (C(OH)–C–C–N with tert-alkyl or cyclic N) is 1. The summed E-state index contributed by atoms with van der Waals surface area (Å²) in [6.07, 6.45) is 7.51. The van der Waals surface area contributed by atoms with Gasteiger partial charge in [0.2, 0.25) is 0 Å². The predicted octanol–water partition coefficient (Wildman–Crippen LogP) is 3.10. The van der Waals surface area contributed by atoms with Crippen molar-refractivity contribution in [2.24, 2.45) is 5.92 Å². The minimum atomic E-state index is -0.759. The fourth-order valence-corrected chi connectivity index (χ4v) is 4.36. The molecule has 0 aromatic carbocycles. The van der Waals surface area contributed by atoms with Gasteiger partial charge in [0.1, 0.15) is 11.2 Å². The zero-order valence-electron chi connectivity index (χ0n) is 14.8. The third-order valence-electron chi connectivity index (χ3n) is 5.60. The van der Waals surface area contributed by atoms with Crippen LogP contribution in [0.1, 0.15) is 65.7 Å². The highest BCUT2D eigenvalue weighted by Gasteiger charge is 2.53. The number of hydrogen-bond donors (Lipinski definition) is 1. The molecule has 3 rings (SSSR count). The molecule has 1 saturated carbocycles. The molecule has 1 aliphatic carbocycles. The van der Waals surface area contributed by atoms with Crippen molar-refractivity contribution in [2.45, 2.75) is 82.5 Å². The molecule has 3 aliphatic rings. The van der Waals surface area contributed by atoms with E-state index in [1.165, 1.54) is 19.3 Å². The lowest BCUT2D eigenvalue weighted by molar-refractivity contribution is -0.190. The Kier molecular flexibility index (Phi) is 4.38. The monoisotopic (exact) mass is 325 g/mol. The van der Waals surface area contributed by atoms with Crippen LogP contribution in [0, 0.1) is 5.92 Å². The number of likely N-dealkylation sites (tertiary alicyclic amines) is 1. The molecule has 3 fully saturated rings. The third kappa shape index (κ3) is 3.66. The Bertz CT molecular complexity index is 439. The number of rotatable bonds is 1. The van der Waals surface area contributed by atoms with Crippen LogP contribution in [0.3, 0.4) is 0 Å². The molecule has 2 heterocycles. The lowest BCUT2D eigenvalue weighted by Crippen LogP contribution is -2.68. The van der Waals surface area contributed by atoms with E-state index in [1.54, 1.807) is 4.90 Å². The van der Waals surface area contributed by atoms with Gasteiger partial charge in [-0.3, -0.25) is 0 Å². The Morgan fingerprint density at radius 1 is 1.22 bits per heavy atom. The maximum absolute atomic E-state index is 12.1. The molecule has 0 bridgehead atoms. The van der Waals surface area contributed by atoms with Crippen LogP contribution in [0.5, 0.6) is 0 Å². The highest BCUT2D eigenvalue weighted by molar-refractivity contribution is 5.69. The molecule has 0 aromatic rings. The van der Waals surface area contributed by atoms with Gasteiger partial charge in [-0.2, -0.15) is 0 Å². The molecule has 0 radical (unpaired) electrons. The SMILES string of the molecule is CC(C)(C)OC(=O)N1CC(O)(C2CCOC3(CCCCC3)C2)C1. The average Bonchev–Trinajstić information content (AvgIpc) is 2.43. The molecule has 1 amide bonds. The van der Waals surface area contributed by atoms with E-state index in [0.717, 1.165) is 32.3 Å². The molecule has 1 atom stereocenters. The Labute approximate surface area is 139 Å². The van der Waals surface area contributed by atoms with E-state index in [2.05, 4.69) is 0 Å². The second-order valence-electron chi connectivity index (χ2n) is 8.72. The summed E-state index contributed by atoms with van der Waals surface area (Å²) in [6, 6.07) is 0.